The summed E-state index contributed by atoms with van der Waals surface area (Å²) in [4.78, 5) is 0. The molecular weight excluding hydrogens is 315 g/mol. The molecule has 2 aromatic rings. The molecule has 0 fully saturated rings. The molecule has 1 heterocycles. The molecule has 2 nitrogen and oxygen atoms in total. The summed E-state index contributed by atoms with van der Waals surface area (Å²) in [5.74, 6) is 0.810. The molecule has 2 aliphatic rings. The van der Waals surface area contributed by atoms with Gasteiger partial charge in [0.05, 0.1) is 16.1 Å². The largest absolute Gasteiger partial charge is 0.399 e. The third-order valence-electron chi connectivity index (χ3n) is 4.70. The minimum atomic E-state index is 0.155. The second-order valence-corrected chi connectivity index (χ2v) is 6.75. The summed E-state index contributed by atoms with van der Waals surface area (Å²) in [5, 5.41) is 4.89. The van der Waals surface area contributed by atoms with Gasteiger partial charge in [-0.05, 0) is 47.7 Å². The van der Waals surface area contributed by atoms with Crippen LogP contribution in [0.3, 0.4) is 0 Å². The van der Waals surface area contributed by atoms with Crippen molar-refractivity contribution in [3.8, 4) is 0 Å². The first-order chi connectivity index (χ1) is 10.6. The lowest BCUT2D eigenvalue weighted by atomic mass is 9.77. The first-order valence-corrected chi connectivity index (χ1v) is 8.17. The third-order valence-corrected chi connectivity index (χ3v) is 5.54. The molecule has 22 heavy (non-hydrogen) atoms. The van der Waals surface area contributed by atoms with Crippen LogP contribution in [-0.2, 0) is 0 Å². The second kappa shape index (κ2) is 5.22. The number of hydrogen-bond acceptors (Lipinski definition) is 2. The van der Waals surface area contributed by atoms with E-state index in [1.54, 1.807) is 0 Å². The molecule has 0 amide bonds. The van der Waals surface area contributed by atoms with Crippen LogP contribution in [0.15, 0.2) is 48.6 Å². The highest BCUT2D eigenvalue weighted by Gasteiger charge is 2.38. The van der Waals surface area contributed by atoms with Gasteiger partial charge in [0.1, 0.15) is 0 Å². The maximum absolute atomic E-state index is 6.46. The number of anilines is 2. The Kier molecular flexibility index (Phi) is 3.32. The molecule has 112 valence electrons. The third kappa shape index (κ3) is 2.10. The molecule has 0 aromatic heterocycles. The van der Waals surface area contributed by atoms with Gasteiger partial charge in [0.25, 0.3) is 0 Å². The van der Waals surface area contributed by atoms with Crippen molar-refractivity contribution in [2.24, 2.45) is 5.92 Å². The molecule has 1 aliphatic heterocycles. The monoisotopic (exact) mass is 330 g/mol. The van der Waals surface area contributed by atoms with E-state index < -0.39 is 0 Å². The van der Waals surface area contributed by atoms with Crippen LogP contribution in [0.5, 0.6) is 0 Å². The lowest BCUT2D eigenvalue weighted by Gasteiger charge is -2.38. The average Bonchev–Trinajstić information content (AvgIpc) is 2.99. The molecule has 3 atom stereocenters. The van der Waals surface area contributed by atoms with Gasteiger partial charge in [0.2, 0.25) is 0 Å². The molecule has 0 bridgehead atoms. The van der Waals surface area contributed by atoms with Gasteiger partial charge in [-0.3, -0.25) is 0 Å². The minimum absolute atomic E-state index is 0.155. The zero-order valence-electron chi connectivity index (χ0n) is 11.9. The van der Waals surface area contributed by atoms with Crippen LogP contribution in [-0.4, -0.2) is 0 Å². The fourth-order valence-corrected chi connectivity index (χ4v) is 4.11. The topological polar surface area (TPSA) is 38.0 Å². The van der Waals surface area contributed by atoms with Gasteiger partial charge in [-0.25, -0.2) is 0 Å². The summed E-state index contributed by atoms with van der Waals surface area (Å²) >= 11 is 12.7. The summed E-state index contributed by atoms with van der Waals surface area (Å²) in [5.41, 5.74) is 10.2. The van der Waals surface area contributed by atoms with Crippen molar-refractivity contribution in [3.05, 3.63) is 69.7 Å². The molecule has 0 saturated carbocycles. The van der Waals surface area contributed by atoms with E-state index in [9.17, 15) is 0 Å². The summed E-state index contributed by atoms with van der Waals surface area (Å²) in [6, 6.07) is 12.1. The van der Waals surface area contributed by atoms with Crippen molar-refractivity contribution in [2.75, 3.05) is 11.1 Å². The van der Waals surface area contributed by atoms with Crippen molar-refractivity contribution < 1.29 is 0 Å². The highest BCUT2D eigenvalue weighted by molar-refractivity contribution is 6.42. The Hall–Kier alpha value is -1.64. The lowest BCUT2D eigenvalue weighted by Crippen LogP contribution is -2.29. The number of fused-ring (bicyclic) bond motifs is 3. The molecule has 4 rings (SSSR count). The van der Waals surface area contributed by atoms with Gasteiger partial charge in [0.15, 0.2) is 0 Å². The van der Waals surface area contributed by atoms with Gasteiger partial charge in [-0.15, -0.1) is 0 Å². The average molecular weight is 331 g/mol. The summed E-state index contributed by atoms with van der Waals surface area (Å²) < 4.78 is 0. The number of nitrogens with one attached hydrogen (secondary N) is 1. The molecule has 1 aliphatic carbocycles. The van der Waals surface area contributed by atoms with Crippen molar-refractivity contribution in [1.29, 1.82) is 0 Å². The van der Waals surface area contributed by atoms with Crippen LogP contribution in [0.2, 0.25) is 10.0 Å². The fraction of sp³-hybridized carbons (Fsp3) is 0.222. The van der Waals surface area contributed by atoms with Crippen LogP contribution in [0.25, 0.3) is 0 Å². The summed E-state index contributed by atoms with van der Waals surface area (Å²) in [6.07, 6.45) is 5.56. The van der Waals surface area contributed by atoms with E-state index in [0.717, 1.165) is 23.4 Å². The van der Waals surface area contributed by atoms with Crippen LogP contribution < -0.4 is 11.1 Å². The van der Waals surface area contributed by atoms with Crippen molar-refractivity contribution >= 4 is 34.6 Å². The quantitative estimate of drug-likeness (QED) is 0.542. The van der Waals surface area contributed by atoms with E-state index in [0.29, 0.717) is 21.9 Å². The maximum Gasteiger partial charge on any atom is 0.0645 e. The molecule has 0 unspecified atom stereocenters. The Morgan fingerprint density at radius 3 is 2.82 bits per heavy atom. The SMILES string of the molecule is Nc1ccc2c(c1)[C@@H]1C=CC[C@@H]1[C@@H](c1cccc(Cl)c1Cl)N2. The number of halogens is 2. The Labute approximate surface area is 139 Å². The van der Waals surface area contributed by atoms with E-state index in [1.165, 1.54) is 5.56 Å². The van der Waals surface area contributed by atoms with E-state index in [1.807, 2.05) is 18.2 Å². The smallest absolute Gasteiger partial charge is 0.0645 e. The molecule has 3 N–H and O–H groups in total. The zero-order chi connectivity index (χ0) is 15.3. The highest BCUT2D eigenvalue weighted by Crippen LogP contribution is 2.51. The van der Waals surface area contributed by atoms with Crippen LogP contribution in [0.4, 0.5) is 11.4 Å². The molecule has 0 saturated heterocycles. The highest BCUT2D eigenvalue weighted by atomic mass is 35.5. The number of nitrogen functional groups attached to an aromatic ring is 1. The Bertz CT molecular complexity index is 770. The zero-order valence-corrected chi connectivity index (χ0v) is 13.4. The number of hydrogen-bond donors (Lipinski definition) is 2. The maximum atomic E-state index is 6.46. The van der Waals surface area contributed by atoms with Gasteiger partial charge in [-0.2, -0.15) is 0 Å². The van der Waals surface area contributed by atoms with E-state index >= 15 is 0 Å². The van der Waals surface area contributed by atoms with Crippen LogP contribution in [0, 0.1) is 5.92 Å². The Morgan fingerprint density at radius 1 is 1.09 bits per heavy atom. The number of benzene rings is 2. The normalized spacial score (nSPS) is 25.5. The lowest BCUT2D eigenvalue weighted by molar-refractivity contribution is 0.426. The Morgan fingerprint density at radius 2 is 1.95 bits per heavy atom. The number of allylic oxidation sites excluding steroid dienone is 2. The van der Waals surface area contributed by atoms with Gasteiger partial charge >= 0.3 is 0 Å². The minimum Gasteiger partial charge on any atom is -0.399 e. The molecule has 4 heteroatoms. The molecule has 0 spiro atoms. The first kappa shape index (κ1) is 14.0. The predicted octanol–water partition coefficient (Wildman–Crippen LogP) is 5.40. The van der Waals surface area contributed by atoms with Crippen LogP contribution in [0.1, 0.15) is 29.5 Å². The van der Waals surface area contributed by atoms with Crippen molar-refractivity contribution in [2.45, 2.75) is 18.4 Å². The predicted molar refractivity (Wildman–Crippen MR) is 93.7 cm³/mol. The first-order valence-electron chi connectivity index (χ1n) is 7.41. The molecule has 0 radical (unpaired) electrons. The van der Waals surface area contributed by atoms with E-state index in [4.69, 9.17) is 28.9 Å². The number of nitrogens with two attached hydrogens (primary N) is 1. The van der Waals surface area contributed by atoms with Crippen molar-refractivity contribution in [3.63, 3.8) is 0 Å². The van der Waals surface area contributed by atoms with E-state index in [2.05, 4.69) is 35.7 Å². The van der Waals surface area contributed by atoms with Gasteiger partial charge in [-0.1, -0.05) is 47.5 Å². The molecular formula is C18H16Cl2N2. The van der Waals surface area contributed by atoms with Gasteiger partial charge in [0, 0.05) is 17.3 Å². The molecule has 2 aromatic carbocycles. The summed E-state index contributed by atoms with van der Waals surface area (Å²) in [6.45, 7) is 0. The Balaban J connectivity index is 1.83. The van der Waals surface area contributed by atoms with E-state index in [-0.39, 0.29) is 6.04 Å². The summed E-state index contributed by atoms with van der Waals surface area (Å²) in [7, 11) is 0. The van der Waals surface area contributed by atoms with Crippen molar-refractivity contribution in [1.82, 2.24) is 0 Å². The fourth-order valence-electron chi connectivity index (χ4n) is 3.68. The standard InChI is InChI=1S/C18H16Cl2N2/c19-15-6-2-5-13(17(15)20)18-12-4-1-3-11(12)14-9-10(21)7-8-16(14)22-18/h1-3,5-9,11-12,18,22H,4,21H2/t11-,12+,18+/m1/s1. The number of rotatable bonds is 1. The van der Waals surface area contributed by atoms with Crippen LogP contribution >= 0.6 is 23.2 Å². The second-order valence-electron chi connectivity index (χ2n) is 5.97. The van der Waals surface area contributed by atoms with Gasteiger partial charge < -0.3 is 11.1 Å².